The van der Waals surface area contributed by atoms with Crippen LogP contribution in [0.2, 0.25) is 5.15 Å². The molecule has 0 unspecified atom stereocenters. The van der Waals surface area contributed by atoms with Gasteiger partial charge >= 0.3 is 11.9 Å². The number of hydrogen-bond donors (Lipinski definition) is 0. The molecule has 16 heavy (non-hydrogen) atoms. The van der Waals surface area contributed by atoms with Crippen LogP contribution in [0.4, 0.5) is 0 Å². The number of esters is 2. The fraction of sp³-hybridized carbons (Fsp3) is 0.364. The summed E-state index contributed by atoms with van der Waals surface area (Å²) >= 11 is 5.90. The number of fused-ring (bicyclic) bond motifs is 3. The minimum absolute atomic E-state index is 0.0894. The van der Waals surface area contributed by atoms with Crippen molar-refractivity contribution in [2.45, 2.75) is 25.7 Å². The van der Waals surface area contributed by atoms with Crippen LogP contribution in [0, 0.1) is 0 Å². The molecule has 4 nitrogen and oxygen atoms in total. The molecule has 0 saturated heterocycles. The van der Waals surface area contributed by atoms with Crippen molar-refractivity contribution in [2.75, 3.05) is 0 Å². The fourth-order valence-electron chi connectivity index (χ4n) is 2.31. The molecule has 0 fully saturated rings. The molecule has 0 spiro atoms. The minimum Gasteiger partial charge on any atom is -0.386 e. The normalized spacial score (nSPS) is 18.1. The van der Waals surface area contributed by atoms with E-state index in [-0.39, 0.29) is 10.7 Å². The van der Waals surface area contributed by atoms with Gasteiger partial charge in [0.15, 0.2) is 0 Å². The van der Waals surface area contributed by atoms with Crippen LogP contribution < -0.4 is 0 Å². The summed E-state index contributed by atoms with van der Waals surface area (Å²) < 4.78 is 4.58. The van der Waals surface area contributed by atoms with Gasteiger partial charge in [-0.05, 0) is 31.2 Å². The number of carbonyl (C=O) groups is 2. The summed E-state index contributed by atoms with van der Waals surface area (Å²) in [5, 5.41) is 0.0894. The van der Waals surface area contributed by atoms with Crippen LogP contribution >= 0.6 is 11.6 Å². The van der Waals surface area contributed by atoms with E-state index in [0.29, 0.717) is 5.56 Å². The zero-order chi connectivity index (χ0) is 11.3. The Balaban J connectivity index is 2.33. The highest BCUT2D eigenvalue weighted by Crippen LogP contribution is 2.33. The van der Waals surface area contributed by atoms with Crippen molar-refractivity contribution < 1.29 is 14.3 Å². The standard InChI is InChI=1S/C11H8ClNO3/c12-9-8-7(10(14)16-11(8)15)5-3-1-2-4-6(5)13-9/h1-4H2. The Morgan fingerprint density at radius 2 is 1.75 bits per heavy atom. The Bertz CT molecular complexity index is 524. The van der Waals surface area contributed by atoms with Crippen LogP contribution in [0.1, 0.15) is 44.8 Å². The van der Waals surface area contributed by atoms with E-state index >= 15 is 0 Å². The first-order chi connectivity index (χ1) is 7.68. The van der Waals surface area contributed by atoms with Gasteiger partial charge in [0.05, 0.1) is 5.56 Å². The van der Waals surface area contributed by atoms with Crippen LogP contribution in [0.3, 0.4) is 0 Å². The Morgan fingerprint density at radius 3 is 2.56 bits per heavy atom. The SMILES string of the molecule is O=C1OC(=O)c2c3c(nc(Cl)c21)CCCC3. The van der Waals surface area contributed by atoms with Crippen molar-refractivity contribution in [3.05, 3.63) is 27.5 Å². The molecule has 82 valence electrons. The lowest BCUT2D eigenvalue weighted by atomic mass is 9.91. The molecule has 0 amide bonds. The van der Waals surface area contributed by atoms with Gasteiger partial charge < -0.3 is 4.74 Å². The molecule has 1 aromatic rings. The molecule has 0 bridgehead atoms. The van der Waals surface area contributed by atoms with Crippen LogP contribution in [0.5, 0.6) is 0 Å². The van der Waals surface area contributed by atoms with E-state index in [1.807, 2.05) is 0 Å². The average molecular weight is 238 g/mol. The molecule has 0 N–H and O–H groups in total. The first-order valence-electron chi connectivity index (χ1n) is 5.16. The van der Waals surface area contributed by atoms with Gasteiger partial charge in [0.25, 0.3) is 0 Å². The Labute approximate surface area is 96.6 Å². The second-order valence-electron chi connectivity index (χ2n) is 3.96. The maximum absolute atomic E-state index is 11.6. The molecule has 2 aliphatic rings. The van der Waals surface area contributed by atoms with Crippen LogP contribution in [-0.2, 0) is 17.6 Å². The highest BCUT2D eigenvalue weighted by atomic mass is 35.5. The molecule has 1 aliphatic carbocycles. The number of pyridine rings is 1. The second-order valence-corrected chi connectivity index (χ2v) is 4.32. The lowest BCUT2D eigenvalue weighted by Gasteiger charge is -2.16. The quantitative estimate of drug-likeness (QED) is 0.393. The smallest absolute Gasteiger partial charge is 0.350 e. The molecular weight excluding hydrogens is 230 g/mol. The van der Waals surface area contributed by atoms with E-state index in [0.717, 1.165) is 36.9 Å². The number of aromatic nitrogens is 1. The third kappa shape index (κ3) is 1.19. The topological polar surface area (TPSA) is 56.3 Å². The van der Waals surface area contributed by atoms with Gasteiger partial charge in [-0.1, -0.05) is 11.6 Å². The van der Waals surface area contributed by atoms with Crippen LogP contribution in [-0.4, -0.2) is 16.9 Å². The van der Waals surface area contributed by atoms with Crippen molar-refractivity contribution >= 4 is 23.5 Å². The third-order valence-electron chi connectivity index (χ3n) is 3.02. The Kier molecular flexibility index (Phi) is 2.01. The van der Waals surface area contributed by atoms with E-state index in [9.17, 15) is 9.59 Å². The van der Waals surface area contributed by atoms with Crippen molar-refractivity contribution in [2.24, 2.45) is 0 Å². The van der Waals surface area contributed by atoms with Crippen molar-refractivity contribution in [1.82, 2.24) is 4.98 Å². The zero-order valence-electron chi connectivity index (χ0n) is 8.38. The Morgan fingerprint density at radius 1 is 1.06 bits per heavy atom. The third-order valence-corrected chi connectivity index (χ3v) is 3.30. The Hall–Kier alpha value is -1.42. The first kappa shape index (κ1) is 9.78. The highest BCUT2D eigenvalue weighted by Gasteiger charge is 2.37. The second kappa shape index (κ2) is 3.28. The molecule has 5 heteroatoms. The van der Waals surface area contributed by atoms with Crippen LogP contribution in [0.25, 0.3) is 0 Å². The predicted octanol–water partition coefficient (Wildman–Crippen LogP) is 1.92. The van der Waals surface area contributed by atoms with E-state index in [1.165, 1.54) is 0 Å². The zero-order valence-corrected chi connectivity index (χ0v) is 9.13. The van der Waals surface area contributed by atoms with Gasteiger partial charge in [0, 0.05) is 5.69 Å². The lowest BCUT2D eigenvalue weighted by Crippen LogP contribution is -2.12. The van der Waals surface area contributed by atoms with Gasteiger partial charge in [0.1, 0.15) is 10.7 Å². The van der Waals surface area contributed by atoms with Gasteiger partial charge in [-0.15, -0.1) is 0 Å². The van der Waals surface area contributed by atoms with Gasteiger partial charge in [0.2, 0.25) is 0 Å². The van der Waals surface area contributed by atoms with Gasteiger partial charge in [-0.2, -0.15) is 0 Å². The van der Waals surface area contributed by atoms with Crippen molar-refractivity contribution in [3.8, 4) is 0 Å². The van der Waals surface area contributed by atoms with Crippen molar-refractivity contribution in [1.29, 1.82) is 0 Å². The van der Waals surface area contributed by atoms with E-state index in [2.05, 4.69) is 9.72 Å². The molecular formula is C11H8ClNO3. The molecule has 1 aromatic heterocycles. The van der Waals surface area contributed by atoms with E-state index in [4.69, 9.17) is 11.6 Å². The van der Waals surface area contributed by atoms with Gasteiger partial charge in [-0.25, -0.2) is 14.6 Å². The monoisotopic (exact) mass is 237 g/mol. The van der Waals surface area contributed by atoms with Crippen molar-refractivity contribution in [3.63, 3.8) is 0 Å². The summed E-state index contributed by atoms with van der Waals surface area (Å²) in [6, 6.07) is 0. The van der Waals surface area contributed by atoms with E-state index in [1.54, 1.807) is 0 Å². The summed E-state index contributed by atoms with van der Waals surface area (Å²) in [6.45, 7) is 0. The molecule has 3 rings (SSSR count). The maximum Gasteiger partial charge on any atom is 0.350 e. The number of nitrogens with zero attached hydrogens (tertiary/aromatic N) is 1. The van der Waals surface area contributed by atoms with E-state index < -0.39 is 11.9 Å². The van der Waals surface area contributed by atoms with Gasteiger partial charge in [-0.3, -0.25) is 0 Å². The molecule has 1 aliphatic heterocycles. The molecule has 2 heterocycles. The fourth-order valence-corrected chi connectivity index (χ4v) is 2.58. The largest absolute Gasteiger partial charge is 0.386 e. The molecule has 0 radical (unpaired) electrons. The maximum atomic E-state index is 11.6. The average Bonchev–Trinajstić information content (AvgIpc) is 2.55. The summed E-state index contributed by atoms with van der Waals surface area (Å²) in [6.07, 6.45) is 3.62. The number of halogens is 1. The number of hydrogen-bond acceptors (Lipinski definition) is 4. The molecule has 0 aromatic carbocycles. The molecule has 0 atom stereocenters. The highest BCUT2D eigenvalue weighted by molar-refractivity contribution is 6.35. The van der Waals surface area contributed by atoms with Crippen LogP contribution in [0.15, 0.2) is 0 Å². The summed E-state index contributed by atoms with van der Waals surface area (Å²) in [5.74, 6) is -1.26. The number of aryl methyl sites for hydroxylation is 1. The number of carbonyl (C=O) groups excluding carboxylic acids is 2. The minimum atomic E-state index is -0.675. The lowest BCUT2D eigenvalue weighted by molar-refractivity contribution is 0.0443. The summed E-state index contributed by atoms with van der Waals surface area (Å²) in [5.41, 5.74) is 2.18. The number of ether oxygens (including phenoxy) is 1. The first-order valence-corrected chi connectivity index (χ1v) is 5.54. The molecule has 0 saturated carbocycles. The predicted molar refractivity (Wildman–Crippen MR) is 55.6 cm³/mol. The number of rotatable bonds is 0. The summed E-state index contributed by atoms with van der Waals surface area (Å²) in [4.78, 5) is 27.2. The summed E-state index contributed by atoms with van der Waals surface area (Å²) in [7, 11) is 0. The number of cyclic esters (lactones) is 2.